The minimum atomic E-state index is -1.41. The Morgan fingerprint density at radius 2 is 1.78 bits per heavy atom. The minimum Gasteiger partial charge on any atom is -0.507 e. The highest BCUT2D eigenvalue weighted by atomic mass is 16.6. The molecule has 214 valence electrons. The van der Waals surface area contributed by atoms with Crippen molar-refractivity contribution in [2.24, 2.45) is 17.8 Å². The van der Waals surface area contributed by atoms with E-state index >= 15 is 0 Å². The first-order valence-electron chi connectivity index (χ1n) is 14.2. The van der Waals surface area contributed by atoms with Gasteiger partial charge in [0, 0.05) is 41.4 Å². The third-order valence-electron chi connectivity index (χ3n) is 9.07. The molecule has 41 heavy (non-hydrogen) atoms. The number of hydrogen-bond donors (Lipinski definition) is 2. The van der Waals surface area contributed by atoms with E-state index in [0.29, 0.717) is 30.8 Å². The molecular formula is C34H36O7. The van der Waals surface area contributed by atoms with Crippen molar-refractivity contribution in [3.63, 3.8) is 0 Å². The molecule has 1 spiro atoms. The molecule has 2 aromatic carbocycles. The van der Waals surface area contributed by atoms with Gasteiger partial charge in [0.15, 0.2) is 22.8 Å². The van der Waals surface area contributed by atoms with Crippen LogP contribution in [-0.2, 0) is 27.3 Å². The van der Waals surface area contributed by atoms with Crippen molar-refractivity contribution in [2.75, 3.05) is 13.2 Å². The molecule has 1 unspecified atom stereocenters. The maximum absolute atomic E-state index is 14.4. The molecule has 2 fully saturated rings. The number of phenols is 2. The molecule has 0 aromatic heterocycles. The van der Waals surface area contributed by atoms with Crippen LogP contribution >= 0.6 is 0 Å². The van der Waals surface area contributed by atoms with Crippen LogP contribution in [0.5, 0.6) is 17.2 Å². The first kappa shape index (κ1) is 27.5. The number of carbonyl (C=O) groups excluding carboxylic acids is 2. The quantitative estimate of drug-likeness (QED) is 0.406. The molecule has 7 rings (SSSR count). The third-order valence-corrected chi connectivity index (χ3v) is 9.07. The molecule has 3 aliphatic carbocycles. The molecule has 2 heterocycles. The fourth-order valence-corrected chi connectivity index (χ4v) is 7.10. The number of fused-ring (bicyclic) bond motifs is 1. The van der Waals surface area contributed by atoms with Crippen molar-refractivity contribution in [2.45, 2.75) is 58.3 Å². The Hall–Kier alpha value is -3.68. The largest absolute Gasteiger partial charge is 0.507 e. The fourth-order valence-electron chi connectivity index (χ4n) is 7.10. The van der Waals surface area contributed by atoms with Gasteiger partial charge in [0.1, 0.15) is 22.8 Å². The lowest BCUT2D eigenvalue weighted by atomic mass is 9.49. The van der Waals surface area contributed by atoms with Gasteiger partial charge in [-0.05, 0) is 39.7 Å². The van der Waals surface area contributed by atoms with Gasteiger partial charge in [-0.15, -0.1) is 0 Å². The average Bonchev–Trinajstić information content (AvgIpc) is 3.21. The number of Topliss-reactive ketones (excluding diaryl/α,β-unsaturated/α-hetero) is 2. The zero-order valence-electron chi connectivity index (χ0n) is 23.9. The number of ether oxygens (including phenoxy) is 3. The minimum absolute atomic E-state index is 0.0190. The van der Waals surface area contributed by atoms with E-state index < -0.39 is 17.1 Å². The second kappa shape index (κ2) is 10.00. The molecule has 2 N–H and O–H groups in total. The van der Waals surface area contributed by atoms with E-state index in [9.17, 15) is 19.8 Å². The summed E-state index contributed by atoms with van der Waals surface area (Å²) in [6.45, 7) is 8.72. The first-order chi connectivity index (χ1) is 19.6. The summed E-state index contributed by atoms with van der Waals surface area (Å²) in [5.41, 5.74) is 1.04. The lowest BCUT2D eigenvalue weighted by Crippen LogP contribution is -2.74. The standard InChI is InChI=1S/C34H36O7/c1-19(2)10-11-22-27(35)15-28(36)29-30(37)25-14-23-24(17-39-16-21-8-6-5-7-9-21)26-18-40-33(32(23)38,13-12-20(3)4)34(25,26)41-31(22)29/h5-10,12,14-15,23-24,26,35-36H,11,13,16-18H2,1-4H3/t23-,24+,26-,33?,34-/m1/s1. The van der Waals surface area contributed by atoms with Crippen LogP contribution in [0.3, 0.4) is 0 Å². The van der Waals surface area contributed by atoms with Crippen molar-refractivity contribution >= 4 is 11.6 Å². The van der Waals surface area contributed by atoms with E-state index in [2.05, 4.69) is 0 Å². The van der Waals surface area contributed by atoms with Gasteiger partial charge in [-0.3, -0.25) is 9.59 Å². The highest BCUT2D eigenvalue weighted by molar-refractivity contribution is 6.18. The number of phenolic OH excluding ortho intramolecular Hbond substituents is 2. The zero-order valence-corrected chi connectivity index (χ0v) is 23.9. The number of allylic oxidation sites excluding steroid dienone is 4. The van der Waals surface area contributed by atoms with Crippen molar-refractivity contribution in [3.8, 4) is 17.2 Å². The van der Waals surface area contributed by atoms with Gasteiger partial charge in [0.25, 0.3) is 0 Å². The molecule has 5 aliphatic rings. The number of rotatable bonds is 8. The van der Waals surface area contributed by atoms with Crippen molar-refractivity contribution in [1.29, 1.82) is 0 Å². The van der Waals surface area contributed by atoms with Crippen LogP contribution in [0.15, 0.2) is 71.3 Å². The summed E-state index contributed by atoms with van der Waals surface area (Å²) in [5.74, 6) is -2.09. The van der Waals surface area contributed by atoms with E-state index in [1.807, 2.05) is 70.2 Å². The highest BCUT2D eigenvalue weighted by Gasteiger charge is 2.79. The summed E-state index contributed by atoms with van der Waals surface area (Å²) in [7, 11) is 0. The highest BCUT2D eigenvalue weighted by Crippen LogP contribution is 2.65. The fraction of sp³-hybridized carbons (Fsp3) is 0.412. The molecule has 1 saturated carbocycles. The molecule has 4 bridgehead atoms. The Balaban J connectivity index is 1.48. The average molecular weight is 557 g/mol. The maximum atomic E-state index is 14.4. The van der Waals surface area contributed by atoms with Crippen LogP contribution in [0.1, 0.15) is 55.6 Å². The number of carbonyl (C=O) groups is 2. The van der Waals surface area contributed by atoms with Crippen LogP contribution < -0.4 is 4.74 Å². The SMILES string of the molecule is CC(C)=CCc1c(O)cc(O)c2c1O[C@@]13C(=C[C@H]4C(=O)C1(CC=C(C)C)OC[C@@H]3[C@H]4COCc1ccccc1)C2=O. The predicted octanol–water partition coefficient (Wildman–Crippen LogP) is 5.63. The van der Waals surface area contributed by atoms with E-state index in [-0.39, 0.29) is 59.2 Å². The molecular weight excluding hydrogens is 520 g/mol. The normalized spacial score (nSPS) is 28.9. The monoisotopic (exact) mass is 556 g/mol. The Morgan fingerprint density at radius 3 is 2.49 bits per heavy atom. The summed E-state index contributed by atoms with van der Waals surface area (Å²) in [5, 5.41) is 21.8. The number of aromatic hydroxyl groups is 2. The summed E-state index contributed by atoms with van der Waals surface area (Å²) >= 11 is 0. The number of hydrogen-bond acceptors (Lipinski definition) is 7. The second-order valence-electron chi connectivity index (χ2n) is 12.1. The van der Waals surface area contributed by atoms with Gasteiger partial charge in [-0.25, -0.2) is 0 Å². The van der Waals surface area contributed by atoms with Crippen molar-refractivity contribution in [1.82, 2.24) is 0 Å². The lowest BCUT2D eigenvalue weighted by Gasteiger charge is -2.58. The molecule has 1 saturated heterocycles. The Kier molecular flexibility index (Phi) is 6.70. The molecule has 0 amide bonds. The van der Waals surface area contributed by atoms with E-state index in [1.54, 1.807) is 6.08 Å². The number of ketones is 2. The molecule has 5 atom stereocenters. The van der Waals surface area contributed by atoms with Gasteiger partial charge in [-0.2, -0.15) is 0 Å². The van der Waals surface area contributed by atoms with Crippen LogP contribution in [0.2, 0.25) is 0 Å². The van der Waals surface area contributed by atoms with Crippen molar-refractivity contribution < 1.29 is 34.0 Å². The summed E-state index contributed by atoms with van der Waals surface area (Å²) in [6, 6.07) is 11.0. The van der Waals surface area contributed by atoms with Gasteiger partial charge < -0.3 is 24.4 Å². The molecule has 7 heteroatoms. The third kappa shape index (κ3) is 4.01. The van der Waals surface area contributed by atoms with Crippen LogP contribution in [0, 0.1) is 17.8 Å². The van der Waals surface area contributed by atoms with E-state index in [0.717, 1.165) is 16.7 Å². The van der Waals surface area contributed by atoms with Gasteiger partial charge in [-0.1, -0.05) is 59.7 Å². The lowest BCUT2D eigenvalue weighted by molar-refractivity contribution is -0.173. The summed E-state index contributed by atoms with van der Waals surface area (Å²) < 4.78 is 19.6. The predicted molar refractivity (Wildman–Crippen MR) is 153 cm³/mol. The maximum Gasteiger partial charge on any atom is 0.200 e. The summed E-state index contributed by atoms with van der Waals surface area (Å²) in [6.07, 6.45) is 6.18. The zero-order chi connectivity index (χ0) is 29.1. The second-order valence-corrected chi connectivity index (χ2v) is 12.1. The smallest absolute Gasteiger partial charge is 0.200 e. The Labute approximate surface area is 240 Å². The topological polar surface area (TPSA) is 102 Å². The van der Waals surface area contributed by atoms with Gasteiger partial charge >= 0.3 is 0 Å². The van der Waals surface area contributed by atoms with E-state index in [1.165, 1.54) is 6.07 Å². The Bertz CT molecular complexity index is 1510. The van der Waals surface area contributed by atoms with Gasteiger partial charge in [0.2, 0.25) is 0 Å². The first-order valence-corrected chi connectivity index (χ1v) is 14.2. The van der Waals surface area contributed by atoms with Crippen LogP contribution in [0.25, 0.3) is 0 Å². The summed E-state index contributed by atoms with van der Waals surface area (Å²) in [4.78, 5) is 28.6. The van der Waals surface area contributed by atoms with Gasteiger partial charge in [0.05, 0.1) is 19.8 Å². The van der Waals surface area contributed by atoms with Crippen molar-refractivity contribution in [3.05, 3.63) is 88.0 Å². The number of benzene rings is 2. The molecule has 2 aromatic rings. The molecule has 7 nitrogen and oxygen atoms in total. The Morgan fingerprint density at radius 1 is 1.05 bits per heavy atom. The molecule has 0 radical (unpaired) electrons. The van der Waals surface area contributed by atoms with Crippen LogP contribution in [-0.4, -0.2) is 46.2 Å². The molecule has 2 aliphatic heterocycles. The van der Waals surface area contributed by atoms with E-state index in [4.69, 9.17) is 14.2 Å². The van der Waals surface area contributed by atoms with Crippen LogP contribution in [0.4, 0.5) is 0 Å².